The molecule has 0 atom stereocenters. The number of amides is 1. The molecule has 0 fully saturated rings. The molecule has 0 bridgehead atoms. The van der Waals surface area contributed by atoms with Gasteiger partial charge in [-0.1, -0.05) is 30.9 Å². The van der Waals surface area contributed by atoms with Crippen LogP contribution in [-0.2, 0) is 0 Å². The lowest BCUT2D eigenvalue weighted by atomic mass is 10.2. The van der Waals surface area contributed by atoms with Gasteiger partial charge in [-0.25, -0.2) is 14.6 Å². The van der Waals surface area contributed by atoms with Crippen LogP contribution in [0.1, 0.15) is 32.6 Å². The van der Waals surface area contributed by atoms with Crippen molar-refractivity contribution in [2.75, 3.05) is 6.54 Å². The first-order valence-electron chi connectivity index (χ1n) is 6.65. The van der Waals surface area contributed by atoms with Crippen molar-refractivity contribution < 1.29 is 14.0 Å². The van der Waals surface area contributed by atoms with Crippen molar-refractivity contribution >= 4 is 17.3 Å². The number of pyridine rings is 1. The van der Waals surface area contributed by atoms with Gasteiger partial charge in [0, 0.05) is 12.7 Å². The number of unbranched alkanes of at least 4 members (excludes halogenated alkanes) is 3. The first kappa shape index (κ1) is 14.1. The molecule has 0 radical (unpaired) electrons. The summed E-state index contributed by atoms with van der Waals surface area (Å²) in [5.41, 5.74) is 0.451. The van der Waals surface area contributed by atoms with E-state index in [2.05, 4.69) is 17.2 Å². The van der Waals surface area contributed by atoms with E-state index in [1.54, 1.807) is 12.1 Å². The lowest BCUT2D eigenvalue weighted by Gasteiger charge is -2.05. The monoisotopic (exact) mass is 279 g/mol. The summed E-state index contributed by atoms with van der Waals surface area (Å²) in [5, 5.41) is 2.58. The number of hydrogen-bond acceptors (Lipinski definition) is 5. The van der Waals surface area contributed by atoms with Gasteiger partial charge in [0.05, 0.1) is 0 Å². The molecule has 2 aromatic rings. The number of rotatable bonds is 6. The quantitative estimate of drug-likeness (QED) is 0.813. The lowest BCUT2D eigenvalue weighted by molar-refractivity contribution is 0.127. The molecule has 7 heteroatoms. The molecule has 1 amide bonds. The molecule has 0 spiro atoms. The Morgan fingerprint density at radius 1 is 1.45 bits per heavy atom. The number of carbonyl (C=O) groups excluding carboxylic acids is 1. The van der Waals surface area contributed by atoms with E-state index in [0.717, 1.165) is 30.4 Å². The summed E-state index contributed by atoms with van der Waals surface area (Å²) in [5.74, 6) is -0.778. The molecule has 0 aromatic carbocycles. The number of nitrogens with zero attached hydrogens (tertiary/aromatic N) is 2. The summed E-state index contributed by atoms with van der Waals surface area (Å²) >= 11 is 0. The molecule has 2 rings (SSSR count). The maximum Gasteiger partial charge on any atom is 0.455 e. The second kappa shape index (κ2) is 6.74. The number of fused-ring (bicyclic) bond motifs is 1. The number of carbonyl (C=O) groups is 1. The highest BCUT2D eigenvalue weighted by Gasteiger charge is 2.14. The molecule has 2 aromatic heterocycles. The molecule has 0 saturated carbocycles. The predicted octanol–water partition coefficient (Wildman–Crippen LogP) is 1.71. The molecule has 108 valence electrons. The maximum atomic E-state index is 11.6. The van der Waals surface area contributed by atoms with Crippen LogP contribution in [-0.4, -0.2) is 22.4 Å². The third-order valence-corrected chi connectivity index (χ3v) is 2.78. The standard InChI is InChI=1S/C13H17N3O4/c1-2-3-4-5-8-15-12(17)20-16-11-10(19-13(16)18)7-6-9-14-11/h6-7,9H,2-5,8H2,1H3,(H,15,17). The topological polar surface area (TPSA) is 86.4 Å². The van der Waals surface area contributed by atoms with Gasteiger partial charge in [-0.15, -0.1) is 0 Å². The highest BCUT2D eigenvalue weighted by Crippen LogP contribution is 2.06. The summed E-state index contributed by atoms with van der Waals surface area (Å²) < 4.78 is 5.64. The van der Waals surface area contributed by atoms with Gasteiger partial charge in [-0.2, -0.15) is 0 Å². The Hall–Kier alpha value is -2.31. The van der Waals surface area contributed by atoms with Crippen molar-refractivity contribution in [3.63, 3.8) is 0 Å². The fourth-order valence-electron chi connectivity index (χ4n) is 1.77. The molecule has 20 heavy (non-hydrogen) atoms. The van der Waals surface area contributed by atoms with Crippen molar-refractivity contribution in [1.82, 2.24) is 15.0 Å². The molecule has 2 heterocycles. The van der Waals surface area contributed by atoms with Gasteiger partial charge in [0.15, 0.2) is 5.58 Å². The Morgan fingerprint density at radius 3 is 3.10 bits per heavy atom. The maximum absolute atomic E-state index is 11.6. The SMILES string of the molecule is CCCCCCNC(=O)On1c(=O)oc2cccnc21. The smallest absolute Gasteiger partial charge is 0.404 e. The zero-order valence-electron chi connectivity index (χ0n) is 11.3. The summed E-state index contributed by atoms with van der Waals surface area (Å²) in [7, 11) is 0. The van der Waals surface area contributed by atoms with Gasteiger partial charge >= 0.3 is 11.8 Å². The molecule has 0 aliphatic rings. The summed E-state index contributed by atoms with van der Waals surface area (Å²) in [4.78, 5) is 32.0. The van der Waals surface area contributed by atoms with Gasteiger partial charge in [0.1, 0.15) is 0 Å². The summed E-state index contributed by atoms with van der Waals surface area (Å²) in [6.45, 7) is 2.63. The minimum atomic E-state index is -0.778. The van der Waals surface area contributed by atoms with E-state index >= 15 is 0 Å². The average Bonchev–Trinajstić information content (AvgIpc) is 2.75. The van der Waals surface area contributed by atoms with Crippen LogP contribution >= 0.6 is 0 Å². The third-order valence-electron chi connectivity index (χ3n) is 2.78. The van der Waals surface area contributed by atoms with Crippen LogP contribution < -0.4 is 15.9 Å². The minimum absolute atomic E-state index is 0.179. The van der Waals surface area contributed by atoms with Crippen LogP contribution in [0.5, 0.6) is 0 Å². The van der Waals surface area contributed by atoms with E-state index in [-0.39, 0.29) is 11.2 Å². The molecule has 7 nitrogen and oxygen atoms in total. The van der Waals surface area contributed by atoms with Gasteiger partial charge < -0.3 is 14.6 Å². The van der Waals surface area contributed by atoms with E-state index in [0.29, 0.717) is 6.54 Å². The van der Waals surface area contributed by atoms with E-state index in [9.17, 15) is 9.59 Å². The van der Waals surface area contributed by atoms with Crippen molar-refractivity contribution in [3.8, 4) is 0 Å². The largest absolute Gasteiger partial charge is 0.455 e. The minimum Gasteiger partial charge on any atom is -0.404 e. The molecule has 0 saturated heterocycles. The number of oxazole rings is 1. The Bertz CT molecular complexity index is 632. The fourth-order valence-corrected chi connectivity index (χ4v) is 1.77. The Labute approximate surface area is 115 Å². The normalized spacial score (nSPS) is 10.7. The predicted molar refractivity (Wildman–Crippen MR) is 72.4 cm³/mol. The summed E-state index contributed by atoms with van der Waals surface area (Å²) in [6.07, 6.45) is 4.98. The van der Waals surface area contributed by atoms with Crippen molar-refractivity contribution in [1.29, 1.82) is 0 Å². The molecular weight excluding hydrogens is 262 g/mol. The van der Waals surface area contributed by atoms with E-state index in [4.69, 9.17) is 9.25 Å². The number of aromatic nitrogens is 2. The average molecular weight is 279 g/mol. The van der Waals surface area contributed by atoms with Crippen molar-refractivity contribution in [2.45, 2.75) is 32.6 Å². The van der Waals surface area contributed by atoms with E-state index < -0.39 is 11.8 Å². The Kier molecular flexibility index (Phi) is 4.75. The van der Waals surface area contributed by atoms with Gasteiger partial charge in [-0.3, -0.25) is 0 Å². The van der Waals surface area contributed by atoms with Crippen LogP contribution in [0.15, 0.2) is 27.5 Å². The van der Waals surface area contributed by atoms with Crippen LogP contribution in [0.2, 0.25) is 0 Å². The Morgan fingerprint density at radius 2 is 2.30 bits per heavy atom. The third kappa shape index (κ3) is 3.37. The van der Waals surface area contributed by atoms with E-state index in [1.165, 1.54) is 6.20 Å². The van der Waals surface area contributed by atoms with Gasteiger partial charge in [0.2, 0.25) is 5.65 Å². The first-order valence-corrected chi connectivity index (χ1v) is 6.65. The summed E-state index contributed by atoms with van der Waals surface area (Å²) in [6, 6.07) is 3.20. The molecule has 0 aliphatic heterocycles. The molecule has 0 unspecified atom stereocenters. The highest BCUT2D eigenvalue weighted by atomic mass is 16.7. The van der Waals surface area contributed by atoms with Gasteiger partial charge in [-0.05, 0) is 18.6 Å². The van der Waals surface area contributed by atoms with Crippen LogP contribution in [0.4, 0.5) is 4.79 Å². The zero-order valence-corrected chi connectivity index (χ0v) is 11.3. The zero-order chi connectivity index (χ0) is 14.4. The fraction of sp³-hybridized carbons (Fsp3) is 0.462. The highest BCUT2D eigenvalue weighted by molar-refractivity contribution is 5.70. The molecular formula is C13H17N3O4. The van der Waals surface area contributed by atoms with Crippen LogP contribution in [0, 0.1) is 0 Å². The number of nitrogens with one attached hydrogen (secondary N) is 1. The van der Waals surface area contributed by atoms with Crippen molar-refractivity contribution in [2.24, 2.45) is 0 Å². The van der Waals surface area contributed by atoms with E-state index in [1.807, 2.05) is 0 Å². The second-order valence-electron chi connectivity index (χ2n) is 4.35. The van der Waals surface area contributed by atoms with Crippen molar-refractivity contribution in [3.05, 3.63) is 28.9 Å². The number of hydrogen-bond donors (Lipinski definition) is 1. The second-order valence-corrected chi connectivity index (χ2v) is 4.35. The molecule has 1 N–H and O–H groups in total. The lowest BCUT2D eigenvalue weighted by Crippen LogP contribution is -2.36. The van der Waals surface area contributed by atoms with Crippen LogP contribution in [0.25, 0.3) is 11.2 Å². The van der Waals surface area contributed by atoms with Gasteiger partial charge in [0.25, 0.3) is 0 Å². The molecule has 0 aliphatic carbocycles. The van der Waals surface area contributed by atoms with Crippen LogP contribution in [0.3, 0.4) is 0 Å². The Balaban J connectivity index is 1.93. The first-order chi connectivity index (χ1) is 9.72.